The van der Waals surface area contributed by atoms with Gasteiger partial charge in [-0.15, -0.1) is 0 Å². The normalized spacial score (nSPS) is 10.1. The molecule has 16 heavy (non-hydrogen) atoms. The number of carboxylic acid groups (broad SMARTS) is 1. The first kappa shape index (κ1) is 12.2. The van der Waals surface area contributed by atoms with Crippen LogP contribution < -0.4 is 10.5 Å². The van der Waals surface area contributed by atoms with Gasteiger partial charge in [0.1, 0.15) is 6.54 Å². The van der Waals surface area contributed by atoms with Crippen LogP contribution in [-0.2, 0) is 11.3 Å². The van der Waals surface area contributed by atoms with Crippen LogP contribution in [0.1, 0.15) is 13.8 Å². The summed E-state index contributed by atoms with van der Waals surface area (Å²) in [4.78, 5) is 27.9. The number of aromatic nitrogens is 2. The van der Waals surface area contributed by atoms with E-state index in [4.69, 9.17) is 5.11 Å². The van der Waals surface area contributed by atoms with Gasteiger partial charge in [0, 0.05) is 25.5 Å². The van der Waals surface area contributed by atoms with Crippen molar-refractivity contribution in [2.45, 2.75) is 20.4 Å². The summed E-state index contributed by atoms with van der Waals surface area (Å²) in [6.45, 7) is 4.39. The molecule has 0 aromatic carbocycles. The number of likely N-dealkylation sites (N-methyl/N-ethyl adjacent to an activating group) is 1. The Hall–Kier alpha value is -1.85. The molecular weight excluding hydrogens is 210 g/mol. The molecule has 0 fully saturated rings. The fourth-order valence-corrected chi connectivity index (χ4v) is 1.40. The molecule has 1 aromatic rings. The molecule has 0 saturated carbocycles. The summed E-state index contributed by atoms with van der Waals surface area (Å²) in [6.07, 6.45) is 3.09. The van der Waals surface area contributed by atoms with Crippen molar-refractivity contribution < 1.29 is 9.90 Å². The fourth-order valence-electron chi connectivity index (χ4n) is 1.40. The first-order chi connectivity index (χ1) is 7.60. The molecule has 0 aliphatic heterocycles. The molecule has 1 N–H and O–H groups in total. The topological polar surface area (TPSA) is 75.4 Å². The standard InChI is InChI=1S/C10H15N3O3/c1-3-12-6-5-11-9(10(12)16)13(4-2)7-8(14)15/h5-6H,3-4,7H2,1-2H3,(H,14,15). The van der Waals surface area contributed by atoms with Crippen LogP contribution in [0.5, 0.6) is 0 Å². The molecule has 0 radical (unpaired) electrons. The Kier molecular flexibility index (Phi) is 4.04. The second-order valence-corrected chi connectivity index (χ2v) is 3.25. The minimum absolute atomic E-state index is 0.189. The van der Waals surface area contributed by atoms with E-state index in [2.05, 4.69) is 4.98 Å². The van der Waals surface area contributed by atoms with Crippen LogP contribution >= 0.6 is 0 Å². The lowest BCUT2D eigenvalue weighted by Gasteiger charge is -2.19. The van der Waals surface area contributed by atoms with Crippen molar-refractivity contribution in [1.82, 2.24) is 9.55 Å². The molecule has 1 heterocycles. The van der Waals surface area contributed by atoms with Crippen LogP contribution in [0.2, 0.25) is 0 Å². The molecule has 0 aliphatic carbocycles. The highest BCUT2D eigenvalue weighted by Gasteiger charge is 2.14. The summed E-state index contributed by atoms with van der Waals surface area (Å²) in [5.41, 5.74) is -0.256. The van der Waals surface area contributed by atoms with E-state index in [0.29, 0.717) is 13.1 Å². The number of nitrogens with zero attached hydrogens (tertiary/aromatic N) is 3. The summed E-state index contributed by atoms with van der Waals surface area (Å²) in [5, 5.41) is 8.72. The Morgan fingerprint density at radius 3 is 2.75 bits per heavy atom. The van der Waals surface area contributed by atoms with Gasteiger partial charge in [-0.3, -0.25) is 9.59 Å². The molecule has 0 amide bonds. The molecule has 6 nitrogen and oxygen atoms in total. The number of aryl methyl sites for hydroxylation is 1. The number of hydrogen-bond donors (Lipinski definition) is 1. The third-order valence-corrected chi connectivity index (χ3v) is 2.24. The van der Waals surface area contributed by atoms with Gasteiger partial charge in [-0.25, -0.2) is 4.98 Å². The SMILES string of the molecule is CCN(CC(=O)O)c1nccn(CC)c1=O. The predicted octanol–water partition coefficient (Wildman–Crippen LogP) is 0.174. The number of carboxylic acids is 1. The van der Waals surface area contributed by atoms with Gasteiger partial charge >= 0.3 is 5.97 Å². The van der Waals surface area contributed by atoms with E-state index in [1.165, 1.54) is 15.7 Å². The van der Waals surface area contributed by atoms with Crippen LogP contribution in [-0.4, -0.2) is 33.7 Å². The zero-order valence-corrected chi connectivity index (χ0v) is 9.38. The summed E-state index contributed by atoms with van der Waals surface area (Å²) in [5.74, 6) is -0.788. The highest BCUT2D eigenvalue weighted by molar-refractivity contribution is 5.72. The maximum absolute atomic E-state index is 11.8. The smallest absolute Gasteiger partial charge is 0.323 e. The molecule has 0 aliphatic rings. The average Bonchev–Trinajstić information content (AvgIpc) is 2.26. The van der Waals surface area contributed by atoms with Crippen LogP contribution in [0.25, 0.3) is 0 Å². The van der Waals surface area contributed by atoms with Gasteiger partial charge in [0.05, 0.1) is 0 Å². The number of hydrogen-bond acceptors (Lipinski definition) is 4. The first-order valence-electron chi connectivity index (χ1n) is 5.12. The Morgan fingerprint density at radius 2 is 2.25 bits per heavy atom. The highest BCUT2D eigenvalue weighted by Crippen LogP contribution is 2.02. The van der Waals surface area contributed by atoms with Crippen molar-refractivity contribution in [3.8, 4) is 0 Å². The summed E-state index contributed by atoms with van der Waals surface area (Å²) >= 11 is 0. The number of anilines is 1. The maximum atomic E-state index is 11.8. The van der Waals surface area contributed by atoms with Crippen LogP contribution in [0.3, 0.4) is 0 Å². The third-order valence-electron chi connectivity index (χ3n) is 2.24. The average molecular weight is 225 g/mol. The quantitative estimate of drug-likeness (QED) is 0.773. The van der Waals surface area contributed by atoms with Gasteiger partial charge in [0.2, 0.25) is 0 Å². The lowest BCUT2D eigenvalue weighted by molar-refractivity contribution is -0.135. The van der Waals surface area contributed by atoms with Gasteiger partial charge in [0.15, 0.2) is 5.82 Å². The zero-order chi connectivity index (χ0) is 12.1. The number of rotatable bonds is 5. The first-order valence-corrected chi connectivity index (χ1v) is 5.12. The summed E-state index contributed by atoms with van der Waals surface area (Å²) in [7, 11) is 0. The Morgan fingerprint density at radius 1 is 1.56 bits per heavy atom. The van der Waals surface area contributed by atoms with Gasteiger partial charge in [-0.1, -0.05) is 0 Å². The van der Waals surface area contributed by atoms with Gasteiger partial charge < -0.3 is 14.6 Å². The molecule has 1 aromatic heterocycles. The number of carbonyl (C=O) groups is 1. The predicted molar refractivity (Wildman–Crippen MR) is 59.7 cm³/mol. The van der Waals surface area contributed by atoms with Gasteiger partial charge in [-0.05, 0) is 13.8 Å². The van der Waals surface area contributed by atoms with Crippen molar-refractivity contribution in [3.63, 3.8) is 0 Å². The van der Waals surface area contributed by atoms with E-state index < -0.39 is 5.97 Å². The van der Waals surface area contributed by atoms with Gasteiger partial charge in [0.25, 0.3) is 5.56 Å². The largest absolute Gasteiger partial charge is 0.480 e. The monoisotopic (exact) mass is 225 g/mol. The van der Waals surface area contributed by atoms with Crippen molar-refractivity contribution >= 4 is 11.8 Å². The van der Waals surface area contributed by atoms with Crippen LogP contribution in [0.4, 0.5) is 5.82 Å². The highest BCUT2D eigenvalue weighted by atomic mass is 16.4. The zero-order valence-electron chi connectivity index (χ0n) is 9.38. The minimum atomic E-state index is -0.977. The van der Waals surface area contributed by atoms with E-state index >= 15 is 0 Å². The molecule has 1 rings (SSSR count). The second-order valence-electron chi connectivity index (χ2n) is 3.25. The van der Waals surface area contributed by atoms with Crippen LogP contribution in [0.15, 0.2) is 17.2 Å². The van der Waals surface area contributed by atoms with E-state index in [-0.39, 0.29) is 17.9 Å². The second kappa shape index (κ2) is 5.29. The maximum Gasteiger partial charge on any atom is 0.323 e. The van der Waals surface area contributed by atoms with Crippen molar-refractivity contribution in [2.24, 2.45) is 0 Å². The third kappa shape index (κ3) is 2.59. The Labute approximate surface area is 93.1 Å². The lowest BCUT2D eigenvalue weighted by Crippen LogP contribution is -2.36. The van der Waals surface area contributed by atoms with E-state index in [9.17, 15) is 9.59 Å². The molecule has 0 atom stereocenters. The lowest BCUT2D eigenvalue weighted by atomic mass is 10.4. The number of aliphatic carboxylic acids is 1. The Balaban J connectivity index is 3.10. The van der Waals surface area contributed by atoms with E-state index in [0.717, 1.165) is 0 Å². The summed E-state index contributed by atoms with van der Waals surface area (Å²) in [6, 6.07) is 0. The fraction of sp³-hybridized carbons (Fsp3) is 0.500. The molecule has 0 saturated heterocycles. The van der Waals surface area contributed by atoms with Crippen molar-refractivity contribution in [1.29, 1.82) is 0 Å². The van der Waals surface area contributed by atoms with E-state index in [1.54, 1.807) is 13.1 Å². The molecule has 88 valence electrons. The molecule has 6 heteroatoms. The van der Waals surface area contributed by atoms with Crippen LogP contribution in [0, 0.1) is 0 Å². The van der Waals surface area contributed by atoms with Crippen molar-refractivity contribution in [2.75, 3.05) is 18.0 Å². The van der Waals surface area contributed by atoms with Gasteiger partial charge in [-0.2, -0.15) is 0 Å². The molecule has 0 spiro atoms. The van der Waals surface area contributed by atoms with E-state index in [1.807, 2.05) is 6.92 Å². The molecule has 0 bridgehead atoms. The Bertz CT molecular complexity index is 428. The van der Waals surface area contributed by atoms with Crippen molar-refractivity contribution in [3.05, 3.63) is 22.7 Å². The summed E-state index contributed by atoms with van der Waals surface area (Å²) < 4.78 is 1.49. The molecular formula is C10H15N3O3. The minimum Gasteiger partial charge on any atom is -0.480 e. The molecule has 0 unspecified atom stereocenters.